The van der Waals surface area contributed by atoms with Crippen LogP contribution >= 0.6 is 11.3 Å². The predicted molar refractivity (Wildman–Crippen MR) is 189 cm³/mol. The van der Waals surface area contributed by atoms with Crippen molar-refractivity contribution in [1.82, 2.24) is 0 Å². The Labute approximate surface area is 259 Å². The highest BCUT2D eigenvalue weighted by atomic mass is 32.1. The largest absolute Gasteiger partial charge is 0.453 e. The van der Waals surface area contributed by atoms with E-state index in [0.717, 1.165) is 50.1 Å². The summed E-state index contributed by atoms with van der Waals surface area (Å²) >= 11 is 1.86. The fraction of sp³-hybridized carbons (Fsp3) is 0.0244. The first-order chi connectivity index (χ1) is 21.7. The zero-order valence-corrected chi connectivity index (χ0v) is 24.9. The SMILES string of the molecule is Cc1ccccc1N(c1ccc2c(c1)sc1ccc3ccccc3c12)c1cccc2c1oc1c(-c3ccccc3)cccc12. The summed E-state index contributed by atoms with van der Waals surface area (Å²) in [5.41, 5.74) is 8.53. The van der Waals surface area contributed by atoms with Gasteiger partial charge in [-0.3, -0.25) is 0 Å². The number of rotatable bonds is 4. The number of hydrogen-bond acceptors (Lipinski definition) is 3. The Balaban J connectivity index is 1.31. The number of fused-ring (bicyclic) bond motifs is 8. The molecule has 0 bridgehead atoms. The molecular formula is C41H27NOS. The minimum Gasteiger partial charge on any atom is -0.453 e. The Kier molecular flexibility index (Phi) is 5.62. The smallest absolute Gasteiger partial charge is 0.159 e. The van der Waals surface area contributed by atoms with Gasteiger partial charge in [0.2, 0.25) is 0 Å². The lowest BCUT2D eigenvalue weighted by Crippen LogP contribution is -2.11. The van der Waals surface area contributed by atoms with E-state index in [2.05, 4.69) is 157 Å². The summed E-state index contributed by atoms with van der Waals surface area (Å²) in [4.78, 5) is 2.37. The minimum absolute atomic E-state index is 0.886. The average Bonchev–Trinajstić information content (AvgIpc) is 3.65. The molecule has 0 atom stereocenters. The van der Waals surface area contributed by atoms with Crippen LogP contribution in [0.25, 0.3) is 64.0 Å². The summed E-state index contributed by atoms with van der Waals surface area (Å²) in [6.07, 6.45) is 0. The molecular weight excluding hydrogens is 555 g/mol. The van der Waals surface area contributed by atoms with Crippen LogP contribution in [0, 0.1) is 6.92 Å². The first-order valence-corrected chi connectivity index (χ1v) is 15.8. The Hall–Kier alpha value is -5.38. The van der Waals surface area contributed by atoms with Crippen molar-refractivity contribution in [2.45, 2.75) is 6.92 Å². The van der Waals surface area contributed by atoms with Crippen LogP contribution in [-0.4, -0.2) is 0 Å². The molecule has 3 heteroatoms. The van der Waals surface area contributed by atoms with Crippen LogP contribution < -0.4 is 4.90 Å². The van der Waals surface area contributed by atoms with Gasteiger partial charge >= 0.3 is 0 Å². The molecule has 7 aromatic carbocycles. The molecule has 0 unspecified atom stereocenters. The fourth-order valence-corrected chi connectivity index (χ4v) is 7.88. The highest BCUT2D eigenvalue weighted by Gasteiger charge is 2.22. The standard InChI is InChI=1S/C41H27NOS/c1-26-11-5-8-19-35(26)42(29-22-23-34-38(25-29)44-37-24-21-28-14-6-7-15-30(28)39(34)37)36-20-10-18-33-32-17-9-16-31(40(32)43-41(33)36)27-12-3-2-4-13-27/h2-25H,1H3. The maximum absolute atomic E-state index is 6.88. The third-order valence-electron chi connectivity index (χ3n) is 8.79. The second kappa shape index (κ2) is 9.84. The van der Waals surface area contributed by atoms with Gasteiger partial charge in [0.25, 0.3) is 0 Å². The van der Waals surface area contributed by atoms with Gasteiger partial charge in [0.15, 0.2) is 5.58 Å². The van der Waals surface area contributed by atoms with Crippen molar-refractivity contribution in [3.05, 3.63) is 151 Å². The molecule has 0 fully saturated rings. The highest BCUT2D eigenvalue weighted by Crippen LogP contribution is 2.46. The number of anilines is 3. The van der Waals surface area contributed by atoms with Gasteiger partial charge in [-0.2, -0.15) is 0 Å². The van der Waals surface area contributed by atoms with E-state index in [0.29, 0.717) is 0 Å². The van der Waals surface area contributed by atoms with E-state index < -0.39 is 0 Å². The molecule has 44 heavy (non-hydrogen) atoms. The second-order valence-electron chi connectivity index (χ2n) is 11.4. The second-order valence-corrected chi connectivity index (χ2v) is 12.5. The first-order valence-electron chi connectivity index (χ1n) is 14.9. The molecule has 0 spiro atoms. The van der Waals surface area contributed by atoms with Gasteiger partial charge in [0.05, 0.1) is 5.69 Å². The van der Waals surface area contributed by atoms with Crippen molar-refractivity contribution in [2.24, 2.45) is 0 Å². The average molecular weight is 582 g/mol. The van der Waals surface area contributed by atoms with Crippen molar-refractivity contribution in [2.75, 3.05) is 4.90 Å². The van der Waals surface area contributed by atoms with Crippen molar-refractivity contribution in [3.63, 3.8) is 0 Å². The van der Waals surface area contributed by atoms with E-state index in [1.807, 2.05) is 11.3 Å². The van der Waals surface area contributed by atoms with Gasteiger partial charge in [0, 0.05) is 47.9 Å². The fourth-order valence-electron chi connectivity index (χ4n) is 6.72. The van der Waals surface area contributed by atoms with E-state index >= 15 is 0 Å². The quantitative estimate of drug-likeness (QED) is 0.206. The molecule has 9 rings (SSSR count). The van der Waals surface area contributed by atoms with Crippen LogP contribution in [0.15, 0.2) is 150 Å². The van der Waals surface area contributed by atoms with Crippen LogP contribution in [-0.2, 0) is 0 Å². The monoisotopic (exact) mass is 581 g/mol. The Morgan fingerprint density at radius 1 is 0.523 bits per heavy atom. The topological polar surface area (TPSA) is 16.4 Å². The number of nitrogens with zero attached hydrogens (tertiary/aromatic N) is 1. The zero-order chi connectivity index (χ0) is 29.2. The number of hydrogen-bond donors (Lipinski definition) is 0. The van der Waals surface area contributed by atoms with Crippen LogP contribution in [0.3, 0.4) is 0 Å². The number of thiophene rings is 1. The summed E-state index contributed by atoms with van der Waals surface area (Å²) < 4.78 is 9.46. The van der Waals surface area contributed by atoms with E-state index in [1.54, 1.807) is 0 Å². The lowest BCUT2D eigenvalue weighted by Gasteiger charge is -2.27. The van der Waals surface area contributed by atoms with Crippen LogP contribution in [0.1, 0.15) is 5.56 Å². The normalized spacial score (nSPS) is 11.8. The lowest BCUT2D eigenvalue weighted by atomic mass is 10.0. The number of benzene rings is 7. The molecule has 0 saturated carbocycles. The molecule has 9 aromatic rings. The van der Waals surface area contributed by atoms with Gasteiger partial charge in [-0.1, -0.05) is 115 Å². The van der Waals surface area contributed by atoms with Crippen molar-refractivity contribution >= 4 is 81.3 Å². The Morgan fingerprint density at radius 3 is 2.14 bits per heavy atom. The lowest BCUT2D eigenvalue weighted by molar-refractivity contribution is 0.670. The molecule has 2 aromatic heterocycles. The summed E-state index contributed by atoms with van der Waals surface area (Å²) in [5.74, 6) is 0. The molecule has 2 heterocycles. The summed E-state index contributed by atoms with van der Waals surface area (Å²) in [7, 11) is 0. The predicted octanol–water partition coefficient (Wildman–Crippen LogP) is 12.6. The molecule has 0 N–H and O–H groups in total. The van der Waals surface area contributed by atoms with Crippen molar-refractivity contribution < 1.29 is 4.42 Å². The molecule has 208 valence electrons. The van der Waals surface area contributed by atoms with Crippen LogP contribution in [0.5, 0.6) is 0 Å². The van der Waals surface area contributed by atoms with E-state index in [4.69, 9.17) is 4.42 Å². The highest BCUT2D eigenvalue weighted by molar-refractivity contribution is 7.26. The molecule has 0 aliphatic rings. The maximum Gasteiger partial charge on any atom is 0.159 e. The molecule has 0 aliphatic heterocycles. The summed E-state index contributed by atoms with van der Waals surface area (Å²) in [6.45, 7) is 2.18. The number of aryl methyl sites for hydroxylation is 1. The van der Waals surface area contributed by atoms with Gasteiger partial charge < -0.3 is 9.32 Å². The molecule has 0 aliphatic carbocycles. The van der Waals surface area contributed by atoms with Crippen LogP contribution in [0.4, 0.5) is 17.1 Å². The zero-order valence-electron chi connectivity index (χ0n) is 24.1. The summed E-state index contributed by atoms with van der Waals surface area (Å²) in [6, 6.07) is 52.2. The van der Waals surface area contributed by atoms with Gasteiger partial charge in [0.1, 0.15) is 5.58 Å². The third-order valence-corrected chi connectivity index (χ3v) is 9.91. The van der Waals surface area contributed by atoms with Crippen molar-refractivity contribution in [3.8, 4) is 11.1 Å². The van der Waals surface area contributed by atoms with Gasteiger partial charge in [-0.25, -0.2) is 0 Å². The molecule has 2 nitrogen and oxygen atoms in total. The number of furan rings is 1. The Morgan fingerprint density at radius 2 is 1.25 bits per heavy atom. The van der Waals surface area contributed by atoms with Gasteiger partial charge in [-0.05, 0) is 59.2 Å². The van der Waals surface area contributed by atoms with Crippen molar-refractivity contribution in [1.29, 1.82) is 0 Å². The van der Waals surface area contributed by atoms with Gasteiger partial charge in [-0.15, -0.1) is 11.3 Å². The van der Waals surface area contributed by atoms with Crippen LogP contribution in [0.2, 0.25) is 0 Å². The first kappa shape index (κ1) is 25.1. The van der Waals surface area contributed by atoms with E-state index in [1.165, 1.54) is 36.5 Å². The molecule has 0 amide bonds. The summed E-state index contributed by atoms with van der Waals surface area (Å²) in [5, 5.41) is 7.45. The molecule has 0 radical (unpaired) electrons. The third kappa shape index (κ3) is 3.80. The minimum atomic E-state index is 0.886. The van der Waals surface area contributed by atoms with E-state index in [9.17, 15) is 0 Å². The number of para-hydroxylation sites is 3. The maximum atomic E-state index is 6.88. The van der Waals surface area contributed by atoms with E-state index in [-0.39, 0.29) is 0 Å². The Bertz CT molecular complexity index is 2520. The molecule has 0 saturated heterocycles.